The molecule has 0 saturated carbocycles. The summed E-state index contributed by atoms with van der Waals surface area (Å²) in [5.74, 6) is -1.10. The van der Waals surface area contributed by atoms with Gasteiger partial charge in [-0.1, -0.05) is 0 Å². The lowest BCUT2D eigenvalue weighted by Gasteiger charge is -2.09. The fourth-order valence-corrected chi connectivity index (χ4v) is 1.90. The molecule has 1 saturated heterocycles. The molecule has 1 aliphatic rings. The van der Waals surface area contributed by atoms with Crippen molar-refractivity contribution in [2.45, 2.75) is 24.5 Å². The number of hydrogen-bond acceptors (Lipinski definition) is 5. The molecule has 1 aromatic heterocycles. The van der Waals surface area contributed by atoms with Gasteiger partial charge in [0.1, 0.15) is 17.8 Å². The van der Waals surface area contributed by atoms with Crippen LogP contribution >= 0.6 is 0 Å². The molecule has 4 atom stereocenters. The van der Waals surface area contributed by atoms with E-state index in [2.05, 4.69) is 0 Å². The summed E-state index contributed by atoms with van der Waals surface area (Å²) in [6, 6.07) is 2.90. The number of ether oxygens (including phenoxy) is 1. The van der Waals surface area contributed by atoms with Crippen LogP contribution in [0.15, 0.2) is 24.5 Å². The largest absolute Gasteiger partial charge is 0.477 e. The second-order valence-electron chi connectivity index (χ2n) is 4.07. The summed E-state index contributed by atoms with van der Waals surface area (Å²) in [6.45, 7) is -0.423. The van der Waals surface area contributed by atoms with Crippen LogP contribution in [-0.2, 0) is 4.74 Å². The molecule has 2 rings (SSSR count). The third-order valence-electron chi connectivity index (χ3n) is 2.88. The normalized spacial score (nSPS) is 31.5. The van der Waals surface area contributed by atoms with E-state index in [0.29, 0.717) is 0 Å². The van der Waals surface area contributed by atoms with Crippen molar-refractivity contribution in [2.75, 3.05) is 6.61 Å². The van der Waals surface area contributed by atoms with Crippen LogP contribution in [0, 0.1) is 0 Å². The zero-order chi connectivity index (χ0) is 13.3. The van der Waals surface area contributed by atoms with E-state index >= 15 is 0 Å². The topological polar surface area (TPSA) is 111 Å². The molecule has 0 spiro atoms. The summed E-state index contributed by atoms with van der Waals surface area (Å²) >= 11 is 0. The molecular weight excluding hydrogens is 248 g/mol. The van der Waals surface area contributed by atoms with Crippen LogP contribution in [0.25, 0.3) is 0 Å². The van der Waals surface area contributed by atoms with E-state index in [4.69, 9.17) is 14.9 Å². The Bertz CT molecular complexity index is 451. The van der Waals surface area contributed by atoms with Crippen molar-refractivity contribution in [3.8, 4) is 0 Å². The van der Waals surface area contributed by atoms with Gasteiger partial charge in [0.15, 0.2) is 18.5 Å². The monoisotopic (exact) mass is 262 g/mol. The lowest BCUT2D eigenvalue weighted by Crippen LogP contribution is -2.46. The smallest absolute Gasteiger partial charge is 0.341 e. The summed E-state index contributed by atoms with van der Waals surface area (Å²) in [7, 11) is 0. The van der Waals surface area contributed by atoms with Crippen LogP contribution < -0.4 is 4.57 Å². The maximum atomic E-state index is 10.8. The maximum absolute atomic E-state index is 10.8. The van der Waals surface area contributed by atoms with Crippen molar-refractivity contribution in [1.82, 2.24) is 0 Å². The molecule has 0 radical (unpaired) electrons. The summed E-state index contributed by atoms with van der Waals surface area (Å²) < 4.78 is 6.63. The lowest BCUT2D eigenvalue weighted by molar-refractivity contribution is -0.765. The Morgan fingerprint density at radius 3 is 2.67 bits per heavy atom. The fourth-order valence-electron chi connectivity index (χ4n) is 1.90. The van der Waals surface area contributed by atoms with Gasteiger partial charge in [-0.25, -0.2) is 4.79 Å². The molecule has 0 aromatic carbocycles. The minimum Gasteiger partial charge on any atom is -0.477 e. The number of hydrogen-bond donors (Lipinski definition) is 4. The summed E-state index contributed by atoms with van der Waals surface area (Å²) in [4.78, 5) is 10.8. The van der Waals surface area contributed by atoms with E-state index in [-0.39, 0.29) is 5.56 Å². The molecule has 1 aromatic rings. The van der Waals surface area contributed by atoms with Crippen molar-refractivity contribution in [3.05, 3.63) is 30.1 Å². The van der Waals surface area contributed by atoms with Gasteiger partial charge in [-0.2, -0.15) is 4.57 Å². The predicted octanol–water partition coefficient (Wildman–Crippen LogP) is -1.72. The Hall–Kier alpha value is -1.54. The molecular formula is C11H14NO6+. The van der Waals surface area contributed by atoms with Gasteiger partial charge < -0.3 is 25.2 Å². The van der Waals surface area contributed by atoms with Crippen LogP contribution in [0.2, 0.25) is 0 Å². The van der Waals surface area contributed by atoms with Gasteiger partial charge in [-0.05, 0) is 6.07 Å². The first-order valence-electron chi connectivity index (χ1n) is 5.41. The first-order valence-corrected chi connectivity index (χ1v) is 5.41. The zero-order valence-corrected chi connectivity index (χ0v) is 9.38. The highest BCUT2D eigenvalue weighted by Crippen LogP contribution is 2.24. The van der Waals surface area contributed by atoms with Gasteiger partial charge in [-0.3, -0.25) is 0 Å². The first-order chi connectivity index (χ1) is 8.54. The number of carboxylic acid groups (broad SMARTS) is 1. The van der Waals surface area contributed by atoms with Crippen molar-refractivity contribution in [2.24, 2.45) is 0 Å². The van der Waals surface area contributed by atoms with E-state index in [0.717, 1.165) is 0 Å². The number of carbonyl (C=O) groups is 1. The number of aromatic nitrogens is 1. The Kier molecular flexibility index (Phi) is 3.58. The number of nitrogens with zero attached hydrogens (tertiary/aromatic N) is 1. The molecule has 0 aliphatic carbocycles. The Labute approximate surface area is 102 Å². The van der Waals surface area contributed by atoms with Gasteiger partial charge in [0, 0.05) is 6.07 Å². The van der Waals surface area contributed by atoms with Gasteiger partial charge >= 0.3 is 5.97 Å². The summed E-state index contributed by atoms with van der Waals surface area (Å²) in [6.07, 6.45) is -1.42. The lowest BCUT2D eigenvalue weighted by atomic mass is 10.1. The third-order valence-corrected chi connectivity index (χ3v) is 2.88. The average molecular weight is 262 g/mol. The highest BCUT2D eigenvalue weighted by atomic mass is 16.6. The van der Waals surface area contributed by atoms with E-state index in [9.17, 15) is 15.0 Å². The second kappa shape index (κ2) is 4.99. The first kappa shape index (κ1) is 12.9. The van der Waals surface area contributed by atoms with Crippen LogP contribution in [0.5, 0.6) is 0 Å². The van der Waals surface area contributed by atoms with Crippen molar-refractivity contribution in [1.29, 1.82) is 0 Å². The minimum atomic E-state index is -1.23. The van der Waals surface area contributed by atoms with E-state index in [1.165, 1.54) is 29.1 Å². The minimum absolute atomic E-state index is 0.0373. The third kappa shape index (κ3) is 2.21. The Morgan fingerprint density at radius 2 is 2.11 bits per heavy atom. The molecule has 18 heavy (non-hydrogen) atoms. The van der Waals surface area contributed by atoms with E-state index in [1.807, 2.05) is 0 Å². The fraction of sp³-hybridized carbons (Fsp3) is 0.455. The van der Waals surface area contributed by atoms with Crippen LogP contribution in [-0.4, -0.2) is 51.3 Å². The summed E-state index contributed by atoms with van der Waals surface area (Å²) in [5.41, 5.74) is 0.0373. The highest BCUT2D eigenvalue weighted by Gasteiger charge is 2.47. The molecule has 98 valence electrons. The molecule has 0 amide bonds. The average Bonchev–Trinajstić information content (AvgIpc) is 2.66. The summed E-state index contributed by atoms with van der Waals surface area (Å²) in [5, 5.41) is 37.2. The molecule has 0 unspecified atom stereocenters. The van der Waals surface area contributed by atoms with Crippen LogP contribution in [0.4, 0.5) is 0 Å². The SMILES string of the molecule is O=[13C](O)[13c]1[13cH][13cH][13cH][n+]([C@@H]2O[C@H](CO)[C@@H](O)[C@H]2O)[13cH]1. The standard InChI is InChI=1S/C11H13NO6/c13-5-7-8(14)9(15)10(18-7)12-3-1-2-6(4-12)11(16)17/h1-4,7-10,13-15H,5H2/p+1/t7-,8-,9-,10-/m1/s1/i1+1,2+1,3+1,4+1,6+1,11+1. The maximum Gasteiger partial charge on any atom is 0.341 e. The van der Waals surface area contributed by atoms with Gasteiger partial charge in [-0.15, -0.1) is 0 Å². The zero-order valence-electron chi connectivity index (χ0n) is 9.38. The Balaban J connectivity index is 2.27. The number of pyridine rings is 1. The number of carboxylic acids is 1. The molecule has 1 aliphatic heterocycles. The molecule has 1 fully saturated rings. The van der Waals surface area contributed by atoms with Crippen molar-refractivity contribution >= 4 is 5.97 Å². The number of rotatable bonds is 3. The number of aromatic carboxylic acids is 1. The van der Waals surface area contributed by atoms with Gasteiger partial charge in [0.25, 0.3) is 6.23 Å². The predicted molar refractivity (Wildman–Crippen MR) is 56.6 cm³/mol. The second-order valence-corrected chi connectivity index (χ2v) is 4.07. The van der Waals surface area contributed by atoms with E-state index < -0.39 is 37.1 Å². The molecule has 4 N–H and O–H groups in total. The Morgan fingerprint density at radius 1 is 1.39 bits per heavy atom. The number of aliphatic hydroxyl groups is 3. The van der Waals surface area contributed by atoms with E-state index in [1.54, 1.807) is 0 Å². The molecule has 7 heteroatoms. The van der Waals surface area contributed by atoms with Crippen LogP contribution in [0.1, 0.15) is 16.6 Å². The van der Waals surface area contributed by atoms with Crippen LogP contribution in [0.3, 0.4) is 0 Å². The van der Waals surface area contributed by atoms with Crippen molar-refractivity contribution in [3.63, 3.8) is 0 Å². The molecule has 0 bridgehead atoms. The van der Waals surface area contributed by atoms with Crippen molar-refractivity contribution < 1.29 is 34.5 Å². The number of aliphatic hydroxyl groups excluding tert-OH is 3. The molecule has 2 heterocycles. The highest BCUT2D eigenvalue weighted by molar-refractivity contribution is 5.86. The van der Waals surface area contributed by atoms with Gasteiger partial charge in [0.2, 0.25) is 0 Å². The van der Waals surface area contributed by atoms with Gasteiger partial charge in [0.05, 0.1) is 6.61 Å². The molecule has 7 nitrogen and oxygen atoms in total. The quantitative estimate of drug-likeness (QED) is 0.381.